The summed E-state index contributed by atoms with van der Waals surface area (Å²) < 4.78 is 6.14. The van der Waals surface area contributed by atoms with Gasteiger partial charge in [0.25, 0.3) is 0 Å². The topological polar surface area (TPSA) is 9.23 Å². The van der Waals surface area contributed by atoms with Gasteiger partial charge in [0.15, 0.2) is 0 Å². The third-order valence-corrected chi connectivity index (χ3v) is 3.61. The second-order valence-electron chi connectivity index (χ2n) is 6.15. The van der Waals surface area contributed by atoms with Crippen LogP contribution in [0.5, 0.6) is 0 Å². The Morgan fingerprint density at radius 1 is 0.630 bits per heavy atom. The minimum absolute atomic E-state index is 0.819. The summed E-state index contributed by atoms with van der Waals surface area (Å²) in [5.41, 5.74) is 0. The first-order valence-corrected chi connectivity index (χ1v) is 10.3. The zero-order chi connectivity index (χ0) is 20.0. The molecule has 0 atom stereocenters. The molecule has 0 aromatic heterocycles. The molecule has 0 amide bonds. The van der Waals surface area contributed by atoms with Crippen LogP contribution in [0.1, 0.15) is 66.2 Å². The fourth-order valence-electron chi connectivity index (χ4n) is 2.07. The van der Waals surface area contributed by atoms with Gasteiger partial charge < -0.3 is 4.74 Å². The van der Waals surface area contributed by atoms with Crippen molar-refractivity contribution in [3.05, 3.63) is 96.6 Å². The van der Waals surface area contributed by atoms with Crippen molar-refractivity contribution in [1.82, 2.24) is 0 Å². The van der Waals surface area contributed by atoms with Gasteiger partial charge in [-0.25, -0.2) is 0 Å². The fraction of sp³-hybridized carbons (Fsp3) is 0.385. The quantitative estimate of drug-likeness (QED) is 0.170. The lowest BCUT2D eigenvalue weighted by molar-refractivity contribution is 0.336. The summed E-state index contributed by atoms with van der Waals surface area (Å²) in [5.74, 6) is 1.64. The van der Waals surface area contributed by atoms with E-state index in [1.807, 2.05) is 74.6 Å². The molecule has 1 nitrogen and oxygen atoms in total. The molecule has 0 aliphatic rings. The molecule has 0 bridgehead atoms. The highest BCUT2D eigenvalue weighted by Gasteiger charge is 1.96. The molecule has 0 N–H and O–H groups in total. The molecule has 0 aliphatic carbocycles. The zero-order valence-corrected chi connectivity index (χ0v) is 17.7. The second kappa shape index (κ2) is 20.0. The van der Waals surface area contributed by atoms with Crippen molar-refractivity contribution in [3.8, 4) is 0 Å². The van der Waals surface area contributed by atoms with Crippen LogP contribution in [0.4, 0.5) is 0 Å². The van der Waals surface area contributed by atoms with Gasteiger partial charge in [0.2, 0.25) is 0 Å². The molecular formula is C26H38O. The van der Waals surface area contributed by atoms with Gasteiger partial charge in [-0.05, 0) is 51.0 Å². The van der Waals surface area contributed by atoms with Crippen LogP contribution in [0, 0.1) is 0 Å². The Kier molecular flexibility index (Phi) is 18.3. The molecule has 148 valence electrons. The summed E-state index contributed by atoms with van der Waals surface area (Å²) in [6.07, 6.45) is 35.6. The zero-order valence-electron chi connectivity index (χ0n) is 17.7. The number of unbranched alkanes of at least 4 members (excludes halogenated alkanes) is 4. The summed E-state index contributed by atoms with van der Waals surface area (Å²) in [6, 6.07) is 0. The monoisotopic (exact) mass is 366 g/mol. The van der Waals surface area contributed by atoms with E-state index >= 15 is 0 Å². The van der Waals surface area contributed by atoms with Gasteiger partial charge in [-0.1, -0.05) is 100 Å². The minimum Gasteiger partial charge on any atom is -0.457 e. The van der Waals surface area contributed by atoms with Gasteiger partial charge in [-0.2, -0.15) is 0 Å². The van der Waals surface area contributed by atoms with Gasteiger partial charge in [-0.15, -0.1) is 0 Å². The van der Waals surface area contributed by atoms with Crippen LogP contribution in [0.15, 0.2) is 96.6 Å². The first-order valence-electron chi connectivity index (χ1n) is 10.3. The Morgan fingerprint density at radius 3 is 1.44 bits per heavy atom. The Labute approximate surface area is 167 Å². The van der Waals surface area contributed by atoms with Crippen molar-refractivity contribution >= 4 is 0 Å². The Balaban J connectivity index is 5.28. The molecule has 0 heterocycles. The molecule has 1 heteroatoms. The van der Waals surface area contributed by atoms with E-state index in [1.54, 1.807) is 0 Å². The highest BCUT2D eigenvalue weighted by atomic mass is 16.5. The predicted octanol–water partition coefficient (Wildman–Crippen LogP) is 8.53. The Morgan fingerprint density at radius 2 is 1.07 bits per heavy atom. The molecule has 0 saturated carbocycles. The summed E-state index contributed by atoms with van der Waals surface area (Å²) in [7, 11) is 0. The van der Waals surface area contributed by atoms with Crippen molar-refractivity contribution in [2.75, 3.05) is 0 Å². The summed E-state index contributed by atoms with van der Waals surface area (Å²) >= 11 is 0. The van der Waals surface area contributed by atoms with Crippen LogP contribution in [-0.2, 0) is 4.74 Å². The molecule has 0 aliphatic heterocycles. The number of rotatable bonds is 14. The van der Waals surface area contributed by atoms with Gasteiger partial charge in [0.1, 0.15) is 11.5 Å². The lowest BCUT2D eigenvalue weighted by atomic mass is 10.2. The van der Waals surface area contributed by atoms with E-state index < -0.39 is 0 Å². The number of allylic oxidation sites excluding steroid dienone is 14. The van der Waals surface area contributed by atoms with Crippen LogP contribution in [0.2, 0.25) is 0 Å². The normalized spacial score (nSPS) is 14.4. The van der Waals surface area contributed by atoms with Crippen molar-refractivity contribution in [2.24, 2.45) is 0 Å². The van der Waals surface area contributed by atoms with E-state index in [0.717, 1.165) is 24.4 Å². The van der Waals surface area contributed by atoms with Crippen LogP contribution < -0.4 is 0 Å². The van der Waals surface area contributed by atoms with Crippen molar-refractivity contribution in [1.29, 1.82) is 0 Å². The molecule has 0 unspecified atom stereocenters. The van der Waals surface area contributed by atoms with Gasteiger partial charge in [0.05, 0.1) is 0 Å². The third kappa shape index (κ3) is 16.9. The van der Waals surface area contributed by atoms with Crippen molar-refractivity contribution in [2.45, 2.75) is 66.2 Å². The average molecular weight is 367 g/mol. The van der Waals surface area contributed by atoms with Crippen LogP contribution >= 0.6 is 0 Å². The Bertz CT molecular complexity index is 525. The van der Waals surface area contributed by atoms with Crippen LogP contribution in [-0.4, -0.2) is 0 Å². The average Bonchev–Trinajstić information content (AvgIpc) is 2.67. The van der Waals surface area contributed by atoms with E-state index in [1.165, 1.54) is 25.7 Å². The smallest absolute Gasteiger partial charge is 0.127 e. The van der Waals surface area contributed by atoms with Gasteiger partial charge >= 0.3 is 0 Å². The van der Waals surface area contributed by atoms with E-state index in [-0.39, 0.29) is 0 Å². The first-order chi connectivity index (χ1) is 13.3. The highest BCUT2D eigenvalue weighted by Crippen LogP contribution is 2.12. The fourth-order valence-corrected chi connectivity index (χ4v) is 2.07. The number of hydrogen-bond acceptors (Lipinski definition) is 1. The SMILES string of the molecule is CC=CC=CC(=CC=CCCCC)OC(C=CC=CC)=CC=CCCCC. The number of hydrogen-bond donors (Lipinski definition) is 0. The van der Waals surface area contributed by atoms with E-state index in [0.29, 0.717) is 0 Å². The molecule has 27 heavy (non-hydrogen) atoms. The van der Waals surface area contributed by atoms with Crippen molar-refractivity contribution in [3.63, 3.8) is 0 Å². The molecule has 0 radical (unpaired) electrons. The maximum Gasteiger partial charge on any atom is 0.127 e. The van der Waals surface area contributed by atoms with E-state index in [2.05, 4.69) is 38.2 Å². The van der Waals surface area contributed by atoms with Crippen molar-refractivity contribution < 1.29 is 4.74 Å². The summed E-state index contributed by atoms with van der Waals surface area (Å²) in [4.78, 5) is 0. The van der Waals surface area contributed by atoms with Crippen LogP contribution in [0.3, 0.4) is 0 Å². The molecule has 0 aromatic rings. The van der Waals surface area contributed by atoms with E-state index in [9.17, 15) is 0 Å². The molecule has 0 spiro atoms. The number of ether oxygens (including phenoxy) is 1. The lowest BCUT2D eigenvalue weighted by Crippen LogP contribution is -1.88. The van der Waals surface area contributed by atoms with Gasteiger partial charge in [0, 0.05) is 0 Å². The molecular weight excluding hydrogens is 328 g/mol. The second-order valence-corrected chi connectivity index (χ2v) is 6.15. The maximum absolute atomic E-state index is 6.14. The first kappa shape index (κ1) is 24.7. The summed E-state index contributed by atoms with van der Waals surface area (Å²) in [6.45, 7) is 8.43. The molecule has 0 saturated heterocycles. The van der Waals surface area contributed by atoms with Crippen LogP contribution in [0.25, 0.3) is 0 Å². The largest absolute Gasteiger partial charge is 0.457 e. The highest BCUT2D eigenvalue weighted by molar-refractivity contribution is 5.28. The molecule has 0 aromatic carbocycles. The van der Waals surface area contributed by atoms with E-state index in [4.69, 9.17) is 4.74 Å². The third-order valence-electron chi connectivity index (χ3n) is 3.61. The summed E-state index contributed by atoms with van der Waals surface area (Å²) in [5, 5.41) is 0. The predicted molar refractivity (Wildman–Crippen MR) is 122 cm³/mol. The lowest BCUT2D eigenvalue weighted by Gasteiger charge is -2.06. The standard InChI is InChI=1S/C26H38O/c1-5-9-13-15-19-23-25(21-17-11-7-3)27-26(22-18-12-8-4)24-20-16-14-10-6-2/h7-8,11-12,15-24H,5-6,9-10,13-14H2,1-4H3. The molecule has 0 fully saturated rings. The Hall–Kier alpha value is -2.28. The minimum atomic E-state index is 0.819. The maximum atomic E-state index is 6.14. The molecule has 0 rings (SSSR count). The van der Waals surface area contributed by atoms with Gasteiger partial charge in [-0.3, -0.25) is 0 Å².